The minimum absolute atomic E-state index is 0.0933. The molecule has 0 bridgehead atoms. The van der Waals surface area contributed by atoms with E-state index in [1.54, 1.807) is 0 Å². The Morgan fingerprint density at radius 2 is 2.50 bits per heavy atom. The van der Waals surface area contributed by atoms with Crippen molar-refractivity contribution in [1.82, 2.24) is 5.43 Å². The number of hydrogen-bond acceptors (Lipinski definition) is 5. The maximum Gasteiger partial charge on any atom is 0.330 e. The fourth-order valence-corrected chi connectivity index (χ4v) is 0.436. The van der Waals surface area contributed by atoms with Gasteiger partial charge in [-0.2, -0.15) is 0 Å². The summed E-state index contributed by atoms with van der Waals surface area (Å²) < 4.78 is 8.86. The van der Waals surface area contributed by atoms with E-state index in [1.165, 1.54) is 7.11 Å². The Hall–Kier alpha value is 0.230. The van der Waals surface area contributed by atoms with Crippen LogP contribution in [0.25, 0.3) is 0 Å². The number of nitrogens with two attached hydrogens (primary N) is 1. The van der Waals surface area contributed by atoms with E-state index in [4.69, 9.17) is 10.7 Å². The van der Waals surface area contributed by atoms with Gasteiger partial charge >= 0.3 is 8.60 Å². The second kappa shape index (κ2) is 5.37. The first kappa shape index (κ1) is 8.23. The molecule has 0 saturated heterocycles. The van der Waals surface area contributed by atoms with Crippen LogP contribution >= 0.6 is 8.60 Å². The smallest absolute Gasteiger partial charge is 0.328 e. The second-order valence-corrected chi connectivity index (χ2v) is 2.00. The third-order valence-electron chi connectivity index (χ3n) is 0.415. The van der Waals surface area contributed by atoms with E-state index in [-0.39, 0.29) is 6.73 Å². The molecule has 8 heavy (non-hydrogen) atoms. The molecule has 0 amide bonds. The highest BCUT2D eigenvalue weighted by molar-refractivity contribution is 7.40. The van der Waals surface area contributed by atoms with E-state index in [0.717, 1.165) is 0 Å². The van der Waals surface area contributed by atoms with E-state index in [9.17, 15) is 0 Å². The van der Waals surface area contributed by atoms with Gasteiger partial charge in [0, 0.05) is 7.11 Å². The summed E-state index contributed by atoms with van der Waals surface area (Å²) in [5, 5.41) is 0. The number of hydrazine groups is 1. The molecule has 0 fully saturated rings. The zero-order chi connectivity index (χ0) is 6.41. The number of hydrogen-bond donors (Lipinski definition) is 3. The Labute approximate surface area is 48.7 Å². The lowest BCUT2D eigenvalue weighted by molar-refractivity contribution is 0.214. The van der Waals surface area contributed by atoms with Crippen molar-refractivity contribution in [1.29, 1.82) is 0 Å². The van der Waals surface area contributed by atoms with Gasteiger partial charge < -0.3 is 9.42 Å². The predicted molar refractivity (Wildman–Crippen MR) is 29.4 cm³/mol. The monoisotopic (exact) mass is 140 g/mol. The third-order valence-corrected chi connectivity index (χ3v) is 1.08. The van der Waals surface area contributed by atoms with Crippen molar-refractivity contribution in [2.75, 3.05) is 13.8 Å². The molecule has 5 nitrogen and oxygen atoms in total. The van der Waals surface area contributed by atoms with Crippen LogP contribution in [0.2, 0.25) is 0 Å². The standard InChI is InChI=1S/C2H9N2O3P/c1-6-8(5)7-2-4-3/h4-5H,2-3H2,1H3. The highest BCUT2D eigenvalue weighted by Crippen LogP contribution is 2.29. The molecule has 4 N–H and O–H groups in total. The Kier molecular flexibility index (Phi) is 5.52. The molecule has 0 aromatic rings. The number of rotatable bonds is 4. The van der Waals surface area contributed by atoms with Crippen LogP contribution in [0.1, 0.15) is 0 Å². The van der Waals surface area contributed by atoms with Gasteiger partial charge in [0.2, 0.25) is 0 Å². The van der Waals surface area contributed by atoms with Gasteiger partial charge in [-0.3, -0.25) is 10.4 Å². The van der Waals surface area contributed by atoms with Crippen LogP contribution in [0.15, 0.2) is 0 Å². The molecule has 0 spiro atoms. The lowest BCUT2D eigenvalue weighted by Gasteiger charge is -2.04. The van der Waals surface area contributed by atoms with Crippen LogP contribution in [0.3, 0.4) is 0 Å². The first-order valence-electron chi connectivity index (χ1n) is 1.90. The molecule has 0 aliphatic rings. The molecule has 0 heterocycles. The van der Waals surface area contributed by atoms with Crippen molar-refractivity contribution in [2.24, 2.45) is 5.84 Å². The molecular formula is C2H9N2O3P. The largest absolute Gasteiger partial charge is 0.330 e. The Morgan fingerprint density at radius 3 is 2.88 bits per heavy atom. The van der Waals surface area contributed by atoms with Crippen LogP contribution in [0.4, 0.5) is 0 Å². The van der Waals surface area contributed by atoms with Crippen molar-refractivity contribution in [2.45, 2.75) is 0 Å². The van der Waals surface area contributed by atoms with Gasteiger partial charge in [-0.25, -0.2) is 5.43 Å². The minimum Gasteiger partial charge on any atom is -0.328 e. The van der Waals surface area contributed by atoms with Gasteiger partial charge in [-0.05, 0) is 0 Å². The Morgan fingerprint density at radius 1 is 1.88 bits per heavy atom. The van der Waals surface area contributed by atoms with Crippen LogP contribution in [-0.2, 0) is 9.05 Å². The number of nitrogens with one attached hydrogen (secondary N) is 1. The highest BCUT2D eigenvalue weighted by atomic mass is 31.2. The summed E-state index contributed by atoms with van der Waals surface area (Å²) in [6.07, 6.45) is 0. The summed E-state index contributed by atoms with van der Waals surface area (Å²) >= 11 is 0. The molecule has 1 unspecified atom stereocenters. The summed E-state index contributed by atoms with van der Waals surface area (Å²) in [6.45, 7) is 0.0933. The second-order valence-electron chi connectivity index (χ2n) is 0.898. The summed E-state index contributed by atoms with van der Waals surface area (Å²) in [7, 11) is -0.377. The first-order valence-corrected chi connectivity index (χ1v) is 3.03. The summed E-state index contributed by atoms with van der Waals surface area (Å²) in [5.74, 6) is 4.80. The summed E-state index contributed by atoms with van der Waals surface area (Å²) in [4.78, 5) is 8.51. The van der Waals surface area contributed by atoms with E-state index in [1.807, 2.05) is 0 Å². The zero-order valence-corrected chi connectivity index (χ0v) is 5.39. The van der Waals surface area contributed by atoms with Crippen molar-refractivity contribution >= 4 is 8.60 Å². The topological polar surface area (TPSA) is 76.7 Å². The average molecular weight is 140 g/mol. The molecule has 50 valence electrons. The van der Waals surface area contributed by atoms with E-state index in [0.29, 0.717) is 0 Å². The first-order chi connectivity index (χ1) is 3.81. The third kappa shape index (κ3) is 4.39. The molecule has 0 radical (unpaired) electrons. The van der Waals surface area contributed by atoms with Crippen LogP contribution in [0, 0.1) is 0 Å². The molecule has 0 aliphatic carbocycles. The van der Waals surface area contributed by atoms with Gasteiger partial charge in [0.1, 0.15) is 6.73 Å². The molecule has 0 aliphatic heterocycles. The van der Waals surface area contributed by atoms with Gasteiger partial charge in [0.25, 0.3) is 0 Å². The van der Waals surface area contributed by atoms with Gasteiger partial charge in [-0.15, -0.1) is 0 Å². The van der Waals surface area contributed by atoms with Gasteiger partial charge in [0.15, 0.2) is 0 Å². The van der Waals surface area contributed by atoms with Gasteiger partial charge in [0.05, 0.1) is 0 Å². The Balaban J connectivity index is 2.86. The predicted octanol–water partition coefficient (Wildman–Crippen LogP) is -0.711. The van der Waals surface area contributed by atoms with Crippen LogP contribution in [-0.4, -0.2) is 18.7 Å². The fraction of sp³-hybridized carbons (Fsp3) is 1.00. The fourth-order valence-electron chi connectivity index (χ4n) is 0.145. The van der Waals surface area contributed by atoms with Crippen LogP contribution in [0.5, 0.6) is 0 Å². The molecular weight excluding hydrogens is 131 g/mol. The zero-order valence-electron chi connectivity index (χ0n) is 4.50. The van der Waals surface area contributed by atoms with Crippen molar-refractivity contribution < 1.29 is 13.9 Å². The van der Waals surface area contributed by atoms with Crippen LogP contribution < -0.4 is 11.3 Å². The summed E-state index contributed by atoms with van der Waals surface area (Å²) in [5.41, 5.74) is 2.19. The summed E-state index contributed by atoms with van der Waals surface area (Å²) in [6, 6.07) is 0. The van der Waals surface area contributed by atoms with Crippen molar-refractivity contribution in [3.8, 4) is 0 Å². The van der Waals surface area contributed by atoms with E-state index >= 15 is 0 Å². The average Bonchev–Trinajstić information content (AvgIpc) is 1.83. The quantitative estimate of drug-likeness (QED) is 0.208. The van der Waals surface area contributed by atoms with Crippen molar-refractivity contribution in [3.05, 3.63) is 0 Å². The molecule has 1 atom stereocenters. The SMILES string of the molecule is COP(O)OCNN. The maximum atomic E-state index is 8.51. The normalized spacial score (nSPS) is 13.9. The molecule has 6 heteroatoms. The molecule has 0 aromatic carbocycles. The highest BCUT2D eigenvalue weighted by Gasteiger charge is 1.99. The van der Waals surface area contributed by atoms with Gasteiger partial charge in [-0.1, -0.05) is 0 Å². The Bertz CT molecular complexity index is 54.5. The lowest BCUT2D eigenvalue weighted by atomic mass is 11.4. The molecule has 0 rings (SSSR count). The minimum atomic E-state index is -1.73. The van der Waals surface area contributed by atoms with E-state index in [2.05, 4.69) is 14.5 Å². The van der Waals surface area contributed by atoms with Crippen molar-refractivity contribution in [3.63, 3.8) is 0 Å². The molecule has 0 aromatic heterocycles. The lowest BCUT2D eigenvalue weighted by Crippen LogP contribution is -2.23. The molecule has 0 saturated carbocycles. The maximum absolute atomic E-state index is 8.51. The van der Waals surface area contributed by atoms with E-state index < -0.39 is 8.60 Å².